The van der Waals surface area contributed by atoms with E-state index in [4.69, 9.17) is 4.52 Å². The molecular weight excluding hydrogens is 381 g/mol. The van der Waals surface area contributed by atoms with Gasteiger partial charge in [-0.25, -0.2) is 4.98 Å². The summed E-state index contributed by atoms with van der Waals surface area (Å²) in [5.41, 5.74) is 0.308. The van der Waals surface area contributed by atoms with Gasteiger partial charge >= 0.3 is 12.1 Å². The van der Waals surface area contributed by atoms with E-state index in [2.05, 4.69) is 24.8 Å². The summed E-state index contributed by atoms with van der Waals surface area (Å²) in [6.07, 6.45) is -1.90. The van der Waals surface area contributed by atoms with Gasteiger partial charge in [0.25, 0.3) is 5.91 Å². The van der Waals surface area contributed by atoms with Gasteiger partial charge in [0.15, 0.2) is 0 Å². The molecule has 1 fully saturated rings. The van der Waals surface area contributed by atoms with Crippen LogP contribution in [0.25, 0.3) is 11.4 Å². The maximum Gasteiger partial charge on any atom is 0.471 e. The van der Waals surface area contributed by atoms with Crippen LogP contribution in [0.3, 0.4) is 0 Å². The predicted octanol–water partition coefficient (Wildman–Crippen LogP) is 2.10. The van der Waals surface area contributed by atoms with Crippen LogP contribution in [0.2, 0.25) is 0 Å². The Kier molecular flexibility index (Phi) is 4.45. The number of piperazine rings is 1. The van der Waals surface area contributed by atoms with Crippen molar-refractivity contribution in [1.29, 1.82) is 0 Å². The molecule has 146 valence electrons. The van der Waals surface area contributed by atoms with Crippen molar-refractivity contribution in [3.05, 3.63) is 42.2 Å². The Morgan fingerprint density at radius 1 is 1.07 bits per heavy atom. The van der Waals surface area contributed by atoms with Crippen molar-refractivity contribution in [2.75, 3.05) is 31.1 Å². The lowest BCUT2D eigenvalue weighted by atomic mass is 10.2. The van der Waals surface area contributed by atoms with E-state index in [1.54, 1.807) is 17.0 Å². The van der Waals surface area contributed by atoms with E-state index in [0.29, 0.717) is 37.6 Å². The van der Waals surface area contributed by atoms with Crippen LogP contribution >= 0.6 is 0 Å². The van der Waals surface area contributed by atoms with Crippen LogP contribution in [0.5, 0.6) is 0 Å². The van der Waals surface area contributed by atoms with Crippen LogP contribution in [0.15, 0.2) is 39.6 Å². The molecule has 0 saturated carbocycles. The highest BCUT2D eigenvalue weighted by molar-refractivity contribution is 5.91. The number of halogens is 3. The summed E-state index contributed by atoms with van der Waals surface area (Å²) >= 11 is 0. The minimum absolute atomic E-state index is 0.186. The summed E-state index contributed by atoms with van der Waals surface area (Å²) in [6.45, 7) is 2.05. The van der Waals surface area contributed by atoms with Crippen molar-refractivity contribution < 1.29 is 27.0 Å². The lowest BCUT2D eigenvalue weighted by molar-refractivity contribution is -0.159. The lowest BCUT2D eigenvalue weighted by Gasteiger charge is -2.34. The molecule has 28 heavy (non-hydrogen) atoms. The van der Waals surface area contributed by atoms with Crippen LogP contribution in [0.1, 0.15) is 16.4 Å². The maximum atomic E-state index is 12.5. The summed E-state index contributed by atoms with van der Waals surface area (Å²) in [5, 5.41) is 6.86. The number of anilines is 1. The highest BCUT2D eigenvalue weighted by Gasteiger charge is 2.38. The minimum atomic E-state index is -4.69. The number of carbonyl (C=O) groups is 1. The molecular formula is C16H13F3N6O3. The normalized spacial score (nSPS) is 15.1. The predicted molar refractivity (Wildman–Crippen MR) is 87.2 cm³/mol. The molecule has 0 spiro atoms. The number of hydrogen-bond donors (Lipinski definition) is 0. The van der Waals surface area contributed by atoms with E-state index in [9.17, 15) is 18.0 Å². The molecule has 0 bridgehead atoms. The Labute approximate surface area is 155 Å². The molecule has 1 aliphatic rings. The molecule has 3 aromatic rings. The molecule has 0 unspecified atom stereocenters. The van der Waals surface area contributed by atoms with E-state index in [-0.39, 0.29) is 17.5 Å². The first kappa shape index (κ1) is 17.9. The van der Waals surface area contributed by atoms with Gasteiger partial charge in [-0.1, -0.05) is 10.3 Å². The van der Waals surface area contributed by atoms with Gasteiger partial charge in [0.1, 0.15) is 5.82 Å². The van der Waals surface area contributed by atoms with E-state index in [1.165, 1.54) is 18.5 Å². The first-order valence-corrected chi connectivity index (χ1v) is 8.24. The fourth-order valence-electron chi connectivity index (χ4n) is 2.78. The molecule has 4 heterocycles. The Balaban J connectivity index is 1.40. The van der Waals surface area contributed by atoms with Crippen LogP contribution < -0.4 is 4.90 Å². The molecule has 1 amide bonds. The zero-order valence-electron chi connectivity index (χ0n) is 14.3. The highest BCUT2D eigenvalue weighted by atomic mass is 19.4. The summed E-state index contributed by atoms with van der Waals surface area (Å²) < 4.78 is 46.7. The zero-order valence-corrected chi connectivity index (χ0v) is 14.3. The second-order valence-corrected chi connectivity index (χ2v) is 5.98. The van der Waals surface area contributed by atoms with Gasteiger partial charge in [-0.2, -0.15) is 18.2 Å². The summed E-state index contributed by atoms with van der Waals surface area (Å²) in [5.74, 6) is -0.990. The third-order valence-electron chi connectivity index (χ3n) is 4.21. The largest absolute Gasteiger partial charge is 0.471 e. The van der Waals surface area contributed by atoms with Gasteiger partial charge in [0.05, 0.1) is 6.20 Å². The van der Waals surface area contributed by atoms with Crippen LogP contribution in [0.4, 0.5) is 19.0 Å². The molecule has 0 atom stereocenters. The monoisotopic (exact) mass is 394 g/mol. The van der Waals surface area contributed by atoms with E-state index >= 15 is 0 Å². The first-order chi connectivity index (χ1) is 13.4. The van der Waals surface area contributed by atoms with Crippen LogP contribution in [-0.2, 0) is 6.18 Å². The number of amides is 1. The third-order valence-corrected chi connectivity index (χ3v) is 4.21. The van der Waals surface area contributed by atoms with E-state index < -0.39 is 12.1 Å². The molecule has 0 radical (unpaired) electrons. The average Bonchev–Trinajstić information content (AvgIpc) is 3.39. The summed E-state index contributed by atoms with van der Waals surface area (Å²) in [7, 11) is 0. The summed E-state index contributed by atoms with van der Waals surface area (Å²) in [4.78, 5) is 23.4. The highest BCUT2D eigenvalue weighted by Crippen LogP contribution is 2.29. The Morgan fingerprint density at radius 2 is 1.86 bits per heavy atom. The van der Waals surface area contributed by atoms with Crippen molar-refractivity contribution in [2.24, 2.45) is 0 Å². The van der Waals surface area contributed by atoms with Gasteiger partial charge in [0.2, 0.25) is 11.6 Å². The molecule has 4 rings (SSSR count). The van der Waals surface area contributed by atoms with Crippen molar-refractivity contribution in [3.8, 4) is 11.4 Å². The molecule has 9 nitrogen and oxygen atoms in total. The first-order valence-electron chi connectivity index (χ1n) is 8.24. The van der Waals surface area contributed by atoms with Gasteiger partial charge in [-0.3, -0.25) is 4.79 Å². The number of rotatable bonds is 3. The number of pyridine rings is 1. The molecule has 1 aliphatic heterocycles. The number of hydrogen-bond acceptors (Lipinski definition) is 8. The molecule has 0 aliphatic carbocycles. The number of alkyl halides is 3. The standard InChI is InChI=1S/C16H13F3N6O3/c17-16(18,19)15-22-13(23-28-15)10-1-2-12(20-9-10)24-5-7-25(8-6-24)14(26)11-3-4-21-27-11/h1-4,9H,5-8H2. The summed E-state index contributed by atoms with van der Waals surface area (Å²) in [6, 6.07) is 4.74. The van der Waals surface area contributed by atoms with Crippen molar-refractivity contribution in [1.82, 2.24) is 25.2 Å². The maximum absolute atomic E-state index is 12.5. The van der Waals surface area contributed by atoms with Gasteiger partial charge in [-0.05, 0) is 12.1 Å². The van der Waals surface area contributed by atoms with Crippen molar-refractivity contribution in [2.45, 2.75) is 6.18 Å². The SMILES string of the molecule is O=C(c1ccno1)N1CCN(c2ccc(-c3noc(C(F)(F)F)n3)cn2)CC1. The Bertz CT molecular complexity index is 947. The minimum Gasteiger partial charge on any atom is -0.353 e. The smallest absolute Gasteiger partial charge is 0.353 e. The number of aromatic nitrogens is 4. The average molecular weight is 394 g/mol. The molecule has 12 heteroatoms. The van der Waals surface area contributed by atoms with Crippen LogP contribution in [0, 0.1) is 0 Å². The Hall–Kier alpha value is -3.44. The lowest BCUT2D eigenvalue weighted by Crippen LogP contribution is -2.49. The van der Waals surface area contributed by atoms with Gasteiger partial charge < -0.3 is 18.8 Å². The van der Waals surface area contributed by atoms with E-state index in [1.807, 2.05) is 4.90 Å². The molecule has 0 aromatic carbocycles. The number of nitrogens with zero attached hydrogens (tertiary/aromatic N) is 6. The van der Waals surface area contributed by atoms with Crippen LogP contribution in [-0.4, -0.2) is 57.3 Å². The van der Waals surface area contributed by atoms with Gasteiger partial charge in [0, 0.05) is 44.0 Å². The van der Waals surface area contributed by atoms with Crippen molar-refractivity contribution in [3.63, 3.8) is 0 Å². The third kappa shape index (κ3) is 3.52. The fraction of sp³-hybridized carbons (Fsp3) is 0.312. The fourth-order valence-corrected chi connectivity index (χ4v) is 2.78. The molecule has 1 saturated heterocycles. The molecule has 3 aromatic heterocycles. The quantitative estimate of drug-likeness (QED) is 0.666. The van der Waals surface area contributed by atoms with Crippen molar-refractivity contribution >= 4 is 11.7 Å². The second kappa shape index (κ2) is 6.94. The zero-order chi connectivity index (χ0) is 19.7. The van der Waals surface area contributed by atoms with E-state index in [0.717, 1.165) is 0 Å². The second-order valence-electron chi connectivity index (χ2n) is 5.98. The topological polar surface area (TPSA) is 101 Å². The number of carbonyl (C=O) groups excluding carboxylic acids is 1. The van der Waals surface area contributed by atoms with Gasteiger partial charge in [-0.15, -0.1) is 0 Å². The molecule has 0 N–H and O–H groups in total. The Morgan fingerprint density at radius 3 is 2.43 bits per heavy atom.